The Morgan fingerprint density at radius 1 is 0.800 bits per heavy atom. The summed E-state index contributed by atoms with van der Waals surface area (Å²) in [4.78, 5) is 31.6. The Kier molecular flexibility index (Phi) is 4.93. The summed E-state index contributed by atoms with van der Waals surface area (Å²) in [5.74, 6) is 4.73. The van der Waals surface area contributed by atoms with Gasteiger partial charge in [-0.15, -0.1) is 11.8 Å². The average Bonchev–Trinajstić information content (AvgIpc) is 3.16. The highest BCUT2D eigenvalue weighted by Gasteiger charge is 2.57. The van der Waals surface area contributed by atoms with Crippen LogP contribution >= 0.6 is 11.8 Å². The molecule has 0 N–H and O–H groups in total. The maximum absolute atomic E-state index is 13.8. The van der Waals surface area contributed by atoms with Gasteiger partial charge >= 0.3 is 0 Å². The van der Waals surface area contributed by atoms with E-state index in [1.165, 1.54) is 57.8 Å². The van der Waals surface area contributed by atoms with Crippen LogP contribution in [0.4, 0.5) is 0 Å². The van der Waals surface area contributed by atoms with E-state index in [2.05, 4.69) is 9.80 Å². The van der Waals surface area contributed by atoms with Gasteiger partial charge in [0, 0.05) is 31.3 Å². The number of hydrogen-bond donors (Lipinski definition) is 0. The first-order valence-electron chi connectivity index (χ1n) is 12.8. The molecule has 0 aromatic heterocycles. The Balaban J connectivity index is 1.13. The van der Waals surface area contributed by atoms with Crippen LogP contribution in [0, 0.1) is 29.1 Å². The smallest absolute Gasteiger partial charge is 0.228 e. The van der Waals surface area contributed by atoms with Crippen LogP contribution in [-0.2, 0) is 9.59 Å². The summed E-state index contributed by atoms with van der Waals surface area (Å²) in [5, 5.41) is 0. The second-order valence-corrected chi connectivity index (χ2v) is 13.1. The molecule has 5 aliphatic carbocycles. The van der Waals surface area contributed by atoms with Crippen molar-refractivity contribution in [3.05, 3.63) is 0 Å². The lowest BCUT2D eigenvalue weighted by molar-refractivity contribution is -0.159. The molecular formula is C25H38N2O2S. The van der Waals surface area contributed by atoms with E-state index in [4.69, 9.17) is 0 Å². The third-order valence-corrected chi connectivity index (χ3v) is 11.3. The van der Waals surface area contributed by atoms with Gasteiger partial charge in [0.15, 0.2) is 0 Å². The van der Waals surface area contributed by atoms with Gasteiger partial charge in [0.1, 0.15) is 0 Å². The molecule has 7 aliphatic rings. The largest absolute Gasteiger partial charge is 0.342 e. The highest BCUT2D eigenvalue weighted by Crippen LogP contribution is 2.61. The van der Waals surface area contributed by atoms with Gasteiger partial charge in [0.25, 0.3) is 0 Å². The second kappa shape index (κ2) is 7.42. The molecule has 166 valence electrons. The van der Waals surface area contributed by atoms with Gasteiger partial charge in [-0.2, -0.15) is 0 Å². The molecule has 0 unspecified atom stereocenters. The van der Waals surface area contributed by atoms with Crippen molar-refractivity contribution >= 4 is 23.6 Å². The van der Waals surface area contributed by atoms with E-state index in [-0.39, 0.29) is 16.2 Å². The Morgan fingerprint density at radius 2 is 1.40 bits per heavy atom. The molecule has 7 fully saturated rings. The van der Waals surface area contributed by atoms with E-state index in [1.54, 1.807) is 0 Å². The van der Waals surface area contributed by atoms with E-state index < -0.39 is 0 Å². The molecule has 4 bridgehead atoms. The van der Waals surface area contributed by atoms with Crippen molar-refractivity contribution in [3.8, 4) is 0 Å². The van der Waals surface area contributed by atoms with Gasteiger partial charge in [-0.05, 0) is 82.0 Å². The first kappa shape index (κ1) is 19.9. The Labute approximate surface area is 185 Å². The van der Waals surface area contributed by atoms with Crippen molar-refractivity contribution in [2.24, 2.45) is 29.1 Å². The van der Waals surface area contributed by atoms with E-state index >= 15 is 0 Å². The minimum Gasteiger partial charge on any atom is -0.342 e. The highest BCUT2D eigenvalue weighted by molar-refractivity contribution is 8.00. The Morgan fingerprint density at radius 3 is 2.00 bits per heavy atom. The van der Waals surface area contributed by atoms with E-state index in [9.17, 15) is 9.59 Å². The zero-order valence-corrected chi connectivity index (χ0v) is 19.3. The van der Waals surface area contributed by atoms with Crippen molar-refractivity contribution in [3.63, 3.8) is 0 Å². The molecule has 2 amide bonds. The lowest BCUT2D eigenvalue weighted by Gasteiger charge is -2.57. The summed E-state index contributed by atoms with van der Waals surface area (Å²) in [6.45, 7) is 2.65. The SMILES string of the molecule is O=C(C1CCCCC1)N1CCSC12CCN(C(=O)C13CC4CC(CC(C4)C1)C3)CC2. The third-order valence-electron chi connectivity index (χ3n) is 9.72. The van der Waals surface area contributed by atoms with Crippen LogP contribution in [0.5, 0.6) is 0 Å². The maximum atomic E-state index is 13.8. The minimum atomic E-state index is -0.0211. The second-order valence-electron chi connectivity index (χ2n) is 11.6. The molecule has 0 aromatic carbocycles. The standard InChI is InChI=1S/C25H38N2O2S/c28-22(21-4-2-1-3-5-21)27-10-11-30-25(27)6-8-26(9-7-25)23(29)24-15-18-12-19(16-24)14-20(13-18)17-24/h18-21H,1-17H2. The molecule has 2 heterocycles. The first-order chi connectivity index (χ1) is 14.6. The average molecular weight is 431 g/mol. The van der Waals surface area contributed by atoms with Gasteiger partial charge in [-0.3, -0.25) is 9.59 Å². The van der Waals surface area contributed by atoms with Crippen molar-refractivity contribution in [2.45, 2.75) is 88.3 Å². The molecule has 0 radical (unpaired) electrons. The lowest BCUT2D eigenvalue weighted by Crippen LogP contribution is -2.59. The number of nitrogens with zero attached hydrogens (tertiary/aromatic N) is 2. The normalized spacial score (nSPS) is 40.3. The summed E-state index contributed by atoms with van der Waals surface area (Å²) in [6.07, 6.45) is 15.6. The molecule has 1 spiro atoms. The van der Waals surface area contributed by atoms with E-state index in [0.29, 0.717) is 11.8 Å². The van der Waals surface area contributed by atoms with Crippen LogP contribution in [0.15, 0.2) is 0 Å². The Bertz CT molecular complexity index is 673. The molecule has 5 saturated carbocycles. The minimum absolute atomic E-state index is 0.0142. The fourth-order valence-electron chi connectivity index (χ4n) is 8.67. The van der Waals surface area contributed by atoms with Crippen molar-refractivity contribution in [1.29, 1.82) is 0 Å². The van der Waals surface area contributed by atoms with E-state index in [1.807, 2.05) is 11.8 Å². The third kappa shape index (κ3) is 3.16. The molecule has 0 aromatic rings. The number of amides is 2. The zero-order valence-electron chi connectivity index (χ0n) is 18.4. The fourth-order valence-corrected chi connectivity index (χ4v) is 10.1. The van der Waals surface area contributed by atoms with Crippen molar-refractivity contribution in [2.75, 3.05) is 25.4 Å². The van der Waals surface area contributed by atoms with E-state index in [0.717, 1.165) is 68.8 Å². The summed E-state index contributed by atoms with van der Waals surface area (Å²) in [5.41, 5.74) is -0.0142. The van der Waals surface area contributed by atoms with Gasteiger partial charge in [0.2, 0.25) is 11.8 Å². The lowest BCUT2D eigenvalue weighted by atomic mass is 9.49. The van der Waals surface area contributed by atoms with Crippen LogP contribution in [0.1, 0.15) is 83.5 Å². The molecule has 4 nitrogen and oxygen atoms in total. The predicted octanol–water partition coefficient (Wildman–Crippen LogP) is 4.68. The van der Waals surface area contributed by atoms with Gasteiger partial charge < -0.3 is 9.80 Å². The van der Waals surface area contributed by atoms with Gasteiger partial charge in [0.05, 0.1) is 10.3 Å². The summed E-state index contributed by atoms with van der Waals surface area (Å²) in [7, 11) is 0. The summed E-state index contributed by atoms with van der Waals surface area (Å²) in [6, 6.07) is 0. The maximum Gasteiger partial charge on any atom is 0.228 e. The fraction of sp³-hybridized carbons (Fsp3) is 0.920. The topological polar surface area (TPSA) is 40.6 Å². The molecule has 2 aliphatic heterocycles. The monoisotopic (exact) mass is 430 g/mol. The molecular weight excluding hydrogens is 392 g/mol. The number of rotatable bonds is 2. The summed E-state index contributed by atoms with van der Waals surface area (Å²) >= 11 is 2.01. The van der Waals surface area contributed by atoms with Gasteiger partial charge in [-0.1, -0.05) is 19.3 Å². The molecule has 2 saturated heterocycles. The van der Waals surface area contributed by atoms with Gasteiger partial charge in [-0.25, -0.2) is 0 Å². The van der Waals surface area contributed by atoms with Crippen LogP contribution in [0.2, 0.25) is 0 Å². The van der Waals surface area contributed by atoms with Crippen LogP contribution in [0.3, 0.4) is 0 Å². The predicted molar refractivity (Wildman–Crippen MR) is 120 cm³/mol. The number of likely N-dealkylation sites (tertiary alicyclic amines) is 1. The first-order valence-corrected chi connectivity index (χ1v) is 13.8. The number of carbonyl (C=O) groups is 2. The zero-order chi connectivity index (χ0) is 20.3. The van der Waals surface area contributed by atoms with Crippen LogP contribution in [-0.4, -0.2) is 51.9 Å². The number of thioether (sulfide) groups is 1. The number of carbonyl (C=O) groups excluding carboxylic acids is 2. The number of piperidine rings is 1. The van der Waals surface area contributed by atoms with Crippen molar-refractivity contribution in [1.82, 2.24) is 9.80 Å². The Hall–Kier alpha value is -0.710. The quantitative estimate of drug-likeness (QED) is 0.639. The molecule has 7 rings (SSSR count). The molecule has 5 heteroatoms. The van der Waals surface area contributed by atoms with Crippen LogP contribution < -0.4 is 0 Å². The molecule has 30 heavy (non-hydrogen) atoms. The number of hydrogen-bond acceptors (Lipinski definition) is 3. The van der Waals surface area contributed by atoms with Crippen LogP contribution in [0.25, 0.3) is 0 Å². The highest BCUT2D eigenvalue weighted by atomic mass is 32.2. The summed E-state index contributed by atoms with van der Waals surface area (Å²) < 4.78 is 0. The molecule has 0 atom stereocenters. The van der Waals surface area contributed by atoms with Crippen molar-refractivity contribution < 1.29 is 9.59 Å².